The van der Waals surface area contributed by atoms with Crippen molar-refractivity contribution in [3.05, 3.63) is 54.1 Å². The number of anilines is 1. The zero-order valence-electron chi connectivity index (χ0n) is 16.4. The summed E-state index contributed by atoms with van der Waals surface area (Å²) in [6.45, 7) is 4.56. The highest BCUT2D eigenvalue weighted by atomic mass is 32.2. The van der Waals surface area contributed by atoms with Crippen molar-refractivity contribution in [3.63, 3.8) is 0 Å². The number of carbonyl (C=O) groups is 1. The summed E-state index contributed by atoms with van der Waals surface area (Å²) >= 11 is 0. The molecule has 150 valence electrons. The van der Waals surface area contributed by atoms with Crippen LogP contribution in [0.1, 0.15) is 31.7 Å². The Morgan fingerprint density at radius 3 is 2.32 bits per heavy atom. The number of hydrogen-bond donors (Lipinski definition) is 1. The first-order chi connectivity index (χ1) is 13.3. The van der Waals surface area contributed by atoms with Gasteiger partial charge in [-0.15, -0.1) is 0 Å². The highest BCUT2D eigenvalue weighted by molar-refractivity contribution is 7.89. The summed E-state index contributed by atoms with van der Waals surface area (Å²) in [6, 6.07) is 14.1. The third-order valence-electron chi connectivity index (χ3n) is 5.02. The molecule has 0 aromatic heterocycles. The molecule has 6 nitrogen and oxygen atoms in total. The van der Waals surface area contributed by atoms with E-state index in [1.165, 1.54) is 4.31 Å². The molecule has 1 aliphatic rings. The Morgan fingerprint density at radius 2 is 1.75 bits per heavy atom. The molecule has 7 heteroatoms. The highest BCUT2D eigenvalue weighted by Crippen LogP contribution is 2.32. The zero-order chi connectivity index (χ0) is 20.3. The van der Waals surface area contributed by atoms with Crippen LogP contribution in [0.2, 0.25) is 0 Å². The summed E-state index contributed by atoms with van der Waals surface area (Å²) in [5.74, 6) is 0.724. The molecule has 0 bridgehead atoms. The smallest absolute Gasteiger partial charge is 0.243 e. The van der Waals surface area contributed by atoms with Gasteiger partial charge in [-0.25, -0.2) is 8.42 Å². The Bertz CT molecular complexity index is 922. The van der Waals surface area contributed by atoms with Crippen LogP contribution >= 0.6 is 0 Å². The first kappa shape index (κ1) is 20.4. The summed E-state index contributed by atoms with van der Waals surface area (Å²) in [4.78, 5) is 12.0. The number of rotatable bonds is 6. The SMILES string of the molecule is COc1ccc(C2CCN(S(=O)(=O)c3ccc(NC(=O)C(C)C)cc3)C2)cc1. The van der Waals surface area contributed by atoms with Gasteiger partial charge in [0, 0.05) is 24.7 Å². The fraction of sp³-hybridized carbons (Fsp3) is 0.381. The molecule has 1 amide bonds. The average Bonchev–Trinajstić information content (AvgIpc) is 3.19. The number of sulfonamides is 1. The predicted molar refractivity (Wildman–Crippen MR) is 109 cm³/mol. The Morgan fingerprint density at radius 1 is 1.11 bits per heavy atom. The topological polar surface area (TPSA) is 75.7 Å². The molecule has 2 aromatic carbocycles. The van der Waals surface area contributed by atoms with Gasteiger partial charge in [0.05, 0.1) is 12.0 Å². The van der Waals surface area contributed by atoms with Gasteiger partial charge in [-0.2, -0.15) is 4.31 Å². The molecule has 1 atom stereocenters. The molecule has 3 rings (SSSR count). The number of carbonyl (C=O) groups excluding carboxylic acids is 1. The van der Waals surface area contributed by atoms with Crippen molar-refractivity contribution in [2.45, 2.75) is 31.1 Å². The third-order valence-corrected chi connectivity index (χ3v) is 6.90. The van der Waals surface area contributed by atoms with E-state index in [1.807, 2.05) is 24.3 Å². The van der Waals surface area contributed by atoms with Crippen LogP contribution in [0.15, 0.2) is 53.4 Å². The van der Waals surface area contributed by atoms with E-state index < -0.39 is 10.0 Å². The monoisotopic (exact) mass is 402 g/mol. The molecule has 1 N–H and O–H groups in total. The first-order valence-corrected chi connectivity index (χ1v) is 10.8. The van der Waals surface area contributed by atoms with Crippen molar-refractivity contribution in [1.29, 1.82) is 0 Å². The van der Waals surface area contributed by atoms with E-state index in [0.29, 0.717) is 18.8 Å². The fourth-order valence-electron chi connectivity index (χ4n) is 3.24. The van der Waals surface area contributed by atoms with E-state index in [-0.39, 0.29) is 22.6 Å². The van der Waals surface area contributed by atoms with Gasteiger partial charge in [0.25, 0.3) is 0 Å². The van der Waals surface area contributed by atoms with Gasteiger partial charge in [-0.1, -0.05) is 26.0 Å². The second-order valence-electron chi connectivity index (χ2n) is 7.29. The van der Waals surface area contributed by atoms with Crippen molar-refractivity contribution in [2.75, 3.05) is 25.5 Å². The predicted octanol–water partition coefficient (Wildman–Crippen LogP) is 3.47. The summed E-state index contributed by atoms with van der Waals surface area (Å²) in [6.07, 6.45) is 0.786. The quantitative estimate of drug-likeness (QED) is 0.803. The Hall–Kier alpha value is -2.38. The van der Waals surface area contributed by atoms with Crippen LogP contribution in [0.4, 0.5) is 5.69 Å². The first-order valence-electron chi connectivity index (χ1n) is 9.36. The van der Waals surface area contributed by atoms with Gasteiger partial charge in [0.2, 0.25) is 15.9 Å². The van der Waals surface area contributed by atoms with E-state index in [0.717, 1.165) is 17.7 Å². The van der Waals surface area contributed by atoms with E-state index in [2.05, 4.69) is 5.32 Å². The summed E-state index contributed by atoms with van der Waals surface area (Å²) < 4.78 is 32.7. The maximum Gasteiger partial charge on any atom is 0.243 e. The molecule has 1 heterocycles. The highest BCUT2D eigenvalue weighted by Gasteiger charge is 2.33. The number of ether oxygens (including phenoxy) is 1. The van der Waals surface area contributed by atoms with Gasteiger partial charge in [-0.3, -0.25) is 4.79 Å². The Labute approximate surface area is 166 Å². The molecule has 0 aliphatic carbocycles. The molecule has 1 unspecified atom stereocenters. The summed E-state index contributed by atoms with van der Waals surface area (Å²) in [5.41, 5.74) is 1.71. The summed E-state index contributed by atoms with van der Waals surface area (Å²) in [7, 11) is -1.93. The van der Waals surface area contributed by atoms with Crippen molar-refractivity contribution in [1.82, 2.24) is 4.31 Å². The molecule has 28 heavy (non-hydrogen) atoms. The lowest BCUT2D eigenvalue weighted by Gasteiger charge is -2.17. The number of nitrogens with zero attached hydrogens (tertiary/aromatic N) is 1. The molecule has 0 spiro atoms. The number of benzene rings is 2. The van der Waals surface area contributed by atoms with Crippen molar-refractivity contribution in [3.8, 4) is 5.75 Å². The van der Waals surface area contributed by atoms with Crippen LogP contribution in [-0.2, 0) is 14.8 Å². The summed E-state index contributed by atoms with van der Waals surface area (Å²) in [5, 5.41) is 2.77. The van der Waals surface area contributed by atoms with Gasteiger partial charge in [0.1, 0.15) is 5.75 Å². The van der Waals surface area contributed by atoms with E-state index >= 15 is 0 Å². The third kappa shape index (κ3) is 4.36. The number of hydrogen-bond acceptors (Lipinski definition) is 4. The van der Waals surface area contributed by atoms with E-state index in [1.54, 1.807) is 45.2 Å². The molecule has 0 radical (unpaired) electrons. The van der Waals surface area contributed by atoms with Crippen LogP contribution in [0.5, 0.6) is 5.75 Å². The van der Waals surface area contributed by atoms with Crippen LogP contribution in [0.3, 0.4) is 0 Å². The lowest BCUT2D eigenvalue weighted by molar-refractivity contribution is -0.118. The second-order valence-corrected chi connectivity index (χ2v) is 9.23. The fourth-order valence-corrected chi connectivity index (χ4v) is 4.74. The average molecular weight is 403 g/mol. The standard InChI is InChI=1S/C21H26N2O4S/c1-15(2)21(24)22-18-6-10-20(11-7-18)28(25,26)23-13-12-17(14-23)16-4-8-19(27-3)9-5-16/h4-11,15,17H,12-14H2,1-3H3,(H,22,24). The lowest BCUT2D eigenvalue weighted by atomic mass is 9.99. The molecular weight excluding hydrogens is 376 g/mol. The Balaban J connectivity index is 1.70. The number of amides is 1. The lowest BCUT2D eigenvalue weighted by Crippen LogP contribution is -2.28. The molecule has 2 aromatic rings. The molecule has 1 saturated heterocycles. The van der Waals surface area contributed by atoms with Crippen molar-refractivity contribution in [2.24, 2.45) is 5.92 Å². The molecule has 1 aliphatic heterocycles. The van der Waals surface area contributed by atoms with Crippen molar-refractivity contribution >= 4 is 21.6 Å². The van der Waals surface area contributed by atoms with Crippen LogP contribution < -0.4 is 10.1 Å². The van der Waals surface area contributed by atoms with Gasteiger partial charge in [0.15, 0.2) is 0 Å². The van der Waals surface area contributed by atoms with Crippen LogP contribution in [0.25, 0.3) is 0 Å². The van der Waals surface area contributed by atoms with E-state index in [9.17, 15) is 13.2 Å². The molecular formula is C21H26N2O4S. The van der Waals surface area contributed by atoms with Gasteiger partial charge in [-0.05, 0) is 54.3 Å². The van der Waals surface area contributed by atoms with Gasteiger partial charge >= 0.3 is 0 Å². The maximum absolute atomic E-state index is 13.0. The van der Waals surface area contributed by atoms with Crippen LogP contribution in [0, 0.1) is 5.92 Å². The minimum absolute atomic E-state index is 0.0996. The maximum atomic E-state index is 13.0. The minimum atomic E-state index is -3.56. The van der Waals surface area contributed by atoms with Crippen molar-refractivity contribution < 1.29 is 17.9 Å². The normalized spacial score (nSPS) is 17.6. The zero-order valence-corrected chi connectivity index (χ0v) is 17.2. The van der Waals surface area contributed by atoms with Gasteiger partial charge < -0.3 is 10.1 Å². The molecule has 1 fully saturated rings. The number of methoxy groups -OCH3 is 1. The number of nitrogens with one attached hydrogen (secondary N) is 1. The van der Waals surface area contributed by atoms with E-state index in [4.69, 9.17) is 4.74 Å². The Kier molecular flexibility index (Phi) is 6.05. The molecule has 0 saturated carbocycles. The minimum Gasteiger partial charge on any atom is -0.497 e. The van der Waals surface area contributed by atoms with Crippen LogP contribution in [-0.4, -0.2) is 38.8 Å². The largest absolute Gasteiger partial charge is 0.497 e. The second kappa shape index (κ2) is 8.32.